The van der Waals surface area contributed by atoms with Gasteiger partial charge in [-0.1, -0.05) is 0 Å². The van der Waals surface area contributed by atoms with Crippen LogP contribution in [0.25, 0.3) is 5.69 Å². The van der Waals surface area contributed by atoms with Gasteiger partial charge in [0.1, 0.15) is 11.9 Å². The van der Waals surface area contributed by atoms with E-state index in [2.05, 4.69) is 21.4 Å². The highest BCUT2D eigenvalue weighted by Gasteiger charge is 2.20. The largest absolute Gasteiger partial charge is 0.393 e. The van der Waals surface area contributed by atoms with Crippen LogP contribution in [0, 0.1) is 24.1 Å². The van der Waals surface area contributed by atoms with Crippen molar-refractivity contribution >= 4 is 17.3 Å². The number of halogens is 1. The van der Waals surface area contributed by atoms with Crippen molar-refractivity contribution in [1.29, 1.82) is 5.26 Å². The highest BCUT2D eigenvalue weighted by atomic mass is 19.1. The summed E-state index contributed by atoms with van der Waals surface area (Å²) < 4.78 is 14.7. The normalized spacial score (nSPS) is 14.3. The Morgan fingerprint density at radius 2 is 1.94 bits per heavy atom. The molecule has 1 aliphatic heterocycles. The van der Waals surface area contributed by atoms with E-state index >= 15 is 0 Å². The molecule has 1 fully saturated rings. The average molecular weight is 419 g/mol. The van der Waals surface area contributed by atoms with E-state index < -0.39 is 0 Å². The minimum atomic E-state index is -0.344. The Kier molecular flexibility index (Phi) is 5.69. The summed E-state index contributed by atoms with van der Waals surface area (Å²) in [5.41, 5.74) is 3.34. The van der Waals surface area contributed by atoms with Crippen LogP contribution in [-0.4, -0.2) is 40.0 Å². The first-order valence-electron chi connectivity index (χ1n) is 10.1. The minimum Gasteiger partial charge on any atom is -0.393 e. The molecule has 3 aromatic rings. The second-order valence-corrected chi connectivity index (χ2v) is 7.57. The van der Waals surface area contributed by atoms with Crippen LogP contribution in [0.2, 0.25) is 0 Å². The average Bonchev–Trinajstić information content (AvgIpc) is 3.16. The zero-order chi connectivity index (χ0) is 22.0. The van der Waals surface area contributed by atoms with E-state index in [-0.39, 0.29) is 17.8 Å². The van der Waals surface area contributed by atoms with Crippen molar-refractivity contribution in [2.75, 3.05) is 23.3 Å². The van der Waals surface area contributed by atoms with E-state index in [9.17, 15) is 19.6 Å². The zero-order valence-electron chi connectivity index (χ0n) is 17.0. The molecule has 0 spiro atoms. The highest BCUT2D eigenvalue weighted by Crippen LogP contribution is 2.27. The number of hydrogen-bond acceptors (Lipinski definition) is 5. The first-order valence-corrected chi connectivity index (χ1v) is 10.1. The molecule has 2 N–H and O–H groups in total. The summed E-state index contributed by atoms with van der Waals surface area (Å²) in [6.45, 7) is 3.09. The standard InChI is InChI=1S/C23H22FN5O2/c1-15-21(14-29(27-15)19-5-2-17(24)3-6-19)23(31)26-18-4-7-22(16(12-18)13-25)28-10-8-20(30)9-11-28/h2-7,12,14,20,30H,8-11H2,1H3,(H,26,31). The molecule has 1 saturated heterocycles. The molecule has 0 unspecified atom stereocenters. The lowest BCUT2D eigenvalue weighted by molar-refractivity contribution is 0.102. The van der Waals surface area contributed by atoms with Gasteiger partial charge in [-0.3, -0.25) is 4.79 Å². The summed E-state index contributed by atoms with van der Waals surface area (Å²) in [7, 11) is 0. The van der Waals surface area contributed by atoms with Gasteiger partial charge in [-0.25, -0.2) is 9.07 Å². The van der Waals surface area contributed by atoms with Crippen molar-refractivity contribution in [1.82, 2.24) is 9.78 Å². The van der Waals surface area contributed by atoms with Crippen LogP contribution < -0.4 is 10.2 Å². The molecule has 0 bridgehead atoms. The first kappa shape index (κ1) is 20.6. The topological polar surface area (TPSA) is 94.2 Å². The number of carbonyl (C=O) groups excluding carboxylic acids is 1. The summed E-state index contributed by atoms with van der Waals surface area (Å²) in [5, 5.41) is 26.5. The number of anilines is 2. The van der Waals surface area contributed by atoms with Crippen LogP contribution in [0.1, 0.15) is 34.5 Å². The molecule has 0 radical (unpaired) electrons. The van der Waals surface area contributed by atoms with Gasteiger partial charge >= 0.3 is 0 Å². The maximum atomic E-state index is 13.2. The molecule has 1 aliphatic rings. The number of nitrogens with zero attached hydrogens (tertiary/aromatic N) is 4. The lowest BCUT2D eigenvalue weighted by atomic mass is 10.0. The third kappa shape index (κ3) is 4.42. The van der Waals surface area contributed by atoms with Crippen LogP contribution in [-0.2, 0) is 0 Å². The molecule has 7 nitrogen and oxygen atoms in total. The number of amides is 1. The van der Waals surface area contributed by atoms with E-state index in [0.29, 0.717) is 54.1 Å². The van der Waals surface area contributed by atoms with Gasteiger partial charge in [0.15, 0.2) is 0 Å². The van der Waals surface area contributed by atoms with Gasteiger partial charge in [0.25, 0.3) is 5.91 Å². The van der Waals surface area contributed by atoms with Gasteiger partial charge in [-0.15, -0.1) is 0 Å². The van der Waals surface area contributed by atoms with Crippen LogP contribution in [0.4, 0.5) is 15.8 Å². The number of nitriles is 1. The molecule has 2 heterocycles. The number of aliphatic hydroxyl groups is 1. The number of benzene rings is 2. The molecule has 4 rings (SSSR count). The molecule has 0 aliphatic carbocycles. The van der Waals surface area contributed by atoms with Crippen LogP contribution in [0.5, 0.6) is 0 Å². The second-order valence-electron chi connectivity index (χ2n) is 7.57. The number of aryl methyl sites for hydroxylation is 1. The Balaban J connectivity index is 1.52. The molecule has 0 atom stereocenters. The maximum absolute atomic E-state index is 13.2. The van der Waals surface area contributed by atoms with Gasteiger partial charge in [0.2, 0.25) is 0 Å². The fourth-order valence-electron chi connectivity index (χ4n) is 3.69. The summed E-state index contributed by atoms with van der Waals surface area (Å²) in [6, 6.07) is 13.3. The third-order valence-electron chi connectivity index (χ3n) is 5.41. The van der Waals surface area contributed by atoms with Gasteiger partial charge in [0, 0.05) is 25.0 Å². The van der Waals surface area contributed by atoms with E-state index in [0.717, 1.165) is 5.69 Å². The van der Waals surface area contributed by atoms with Crippen molar-refractivity contribution < 1.29 is 14.3 Å². The monoisotopic (exact) mass is 419 g/mol. The van der Waals surface area contributed by atoms with E-state index in [1.807, 2.05) is 6.07 Å². The van der Waals surface area contributed by atoms with E-state index in [1.54, 1.807) is 37.4 Å². The number of piperidine rings is 1. The summed E-state index contributed by atoms with van der Waals surface area (Å²) >= 11 is 0. The van der Waals surface area contributed by atoms with Crippen molar-refractivity contribution in [3.8, 4) is 11.8 Å². The molecular formula is C23H22FN5O2. The minimum absolute atomic E-state index is 0.292. The van der Waals surface area contributed by atoms with Crippen molar-refractivity contribution in [3.05, 3.63) is 71.3 Å². The van der Waals surface area contributed by atoms with E-state index in [1.165, 1.54) is 16.8 Å². The molecule has 1 aromatic heterocycles. The Hall–Kier alpha value is -3.70. The quantitative estimate of drug-likeness (QED) is 0.676. The fraction of sp³-hybridized carbons (Fsp3) is 0.261. The molecular weight excluding hydrogens is 397 g/mol. The third-order valence-corrected chi connectivity index (χ3v) is 5.41. The predicted octanol–water partition coefficient (Wildman–Crippen LogP) is 3.40. The van der Waals surface area contributed by atoms with Gasteiger partial charge < -0.3 is 15.3 Å². The molecule has 1 amide bonds. The Morgan fingerprint density at radius 3 is 2.61 bits per heavy atom. The number of aliphatic hydroxyl groups excluding tert-OH is 1. The SMILES string of the molecule is Cc1nn(-c2ccc(F)cc2)cc1C(=O)Nc1ccc(N2CCC(O)CC2)c(C#N)c1. The smallest absolute Gasteiger partial charge is 0.259 e. The molecule has 2 aromatic carbocycles. The Labute approximate surface area is 179 Å². The van der Waals surface area contributed by atoms with Crippen LogP contribution in [0.3, 0.4) is 0 Å². The van der Waals surface area contributed by atoms with Crippen molar-refractivity contribution in [2.45, 2.75) is 25.9 Å². The van der Waals surface area contributed by atoms with Gasteiger partial charge in [-0.05, 0) is 62.2 Å². The second kappa shape index (κ2) is 8.58. The lowest BCUT2D eigenvalue weighted by Gasteiger charge is -2.32. The lowest BCUT2D eigenvalue weighted by Crippen LogP contribution is -2.36. The van der Waals surface area contributed by atoms with Crippen molar-refractivity contribution in [3.63, 3.8) is 0 Å². The fourth-order valence-corrected chi connectivity index (χ4v) is 3.69. The number of hydrogen-bond donors (Lipinski definition) is 2. The molecule has 158 valence electrons. The van der Waals surface area contributed by atoms with Gasteiger partial charge in [-0.2, -0.15) is 10.4 Å². The van der Waals surface area contributed by atoms with Crippen LogP contribution in [0.15, 0.2) is 48.7 Å². The first-order chi connectivity index (χ1) is 14.9. The predicted molar refractivity (Wildman–Crippen MR) is 115 cm³/mol. The summed E-state index contributed by atoms with van der Waals surface area (Å²) in [6.07, 6.45) is 2.64. The number of aromatic nitrogens is 2. The highest BCUT2D eigenvalue weighted by molar-refractivity contribution is 6.05. The van der Waals surface area contributed by atoms with Crippen molar-refractivity contribution in [2.24, 2.45) is 0 Å². The molecule has 0 saturated carbocycles. The number of nitrogens with one attached hydrogen (secondary N) is 1. The number of carbonyl (C=O) groups is 1. The molecule has 8 heteroatoms. The molecule has 31 heavy (non-hydrogen) atoms. The number of rotatable bonds is 4. The zero-order valence-corrected chi connectivity index (χ0v) is 17.0. The van der Waals surface area contributed by atoms with E-state index in [4.69, 9.17) is 0 Å². The Bertz CT molecular complexity index is 1140. The maximum Gasteiger partial charge on any atom is 0.259 e. The van der Waals surface area contributed by atoms with Crippen LogP contribution >= 0.6 is 0 Å². The summed E-state index contributed by atoms with van der Waals surface area (Å²) in [5.74, 6) is -0.688. The van der Waals surface area contributed by atoms with Gasteiger partial charge in [0.05, 0.1) is 34.3 Å². The Morgan fingerprint density at radius 1 is 1.23 bits per heavy atom. The summed E-state index contributed by atoms with van der Waals surface area (Å²) in [4.78, 5) is 14.9.